The fraction of sp³-hybridized carbons (Fsp3) is 0.0909. The van der Waals surface area contributed by atoms with Gasteiger partial charge in [0, 0.05) is 22.8 Å². The normalized spacial score (nSPS) is 11.5. The molecule has 164 valence electrons. The van der Waals surface area contributed by atoms with Crippen LogP contribution in [0.25, 0.3) is 43.4 Å². The van der Waals surface area contributed by atoms with Crippen molar-refractivity contribution in [3.8, 4) is 11.1 Å². The van der Waals surface area contributed by atoms with Gasteiger partial charge in [0.1, 0.15) is 0 Å². The van der Waals surface area contributed by atoms with E-state index in [9.17, 15) is 0 Å². The van der Waals surface area contributed by atoms with E-state index < -0.39 is 0 Å². The second-order valence-corrected chi connectivity index (χ2v) is 9.20. The maximum Gasteiger partial charge on any atom is 0.0499 e. The zero-order valence-electron chi connectivity index (χ0n) is 19.6. The molecule has 0 unspecified atom stereocenters. The summed E-state index contributed by atoms with van der Waals surface area (Å²) in [4.78, 5) is 2.46. The van der Waals surface area contributed by atoms with Crippen molar-refractivity contribution in [3.05, 3.63) is 121 Å². The van der Waals surface area contributed by atoms with Crippen LogP contribution < -0.4 is 4.90 Å². The molecule has 34 heavy (non-hydrogen) atoms. The standard InChI is InChI=1S/C33H27N/c1-23(2)34(33-22-26-11-4-6-14-30(26)31-15-7-8-16-32(31)33)27-20-18-25(19-21-27)29-17-9-12-24-10-3-5-13-28(24)29/h3-23H,1-2H3. The van der Waals surface area contributed by atoms with E-state index in [1.54, 1.807) is 0 Å². The predicted molar refractivity (Wildman–Crippen MR) is 148 cm³/mol. The van der Waals surface area contributed by atoms with Crippen molar-refractivity contribution in [2.75, 3.05) is 4.90 Å². The van der Waals surface area contributed by atoms with Crippen LogP contribution in [0.15, 0.2) is 121 Å². The van der Waals surface area contributed by atoms with Crippen molar-refractivity contribution in [1.29, 1.82) is 0 Å². The van der Waals surface area contributed by atoms with Crippen LogP contribution in [0, 0.1) is 0 Å². The smallest absolute Gasteiger partial charge is 0.0499 e. The summed E-state index contributed by atoms with van der Waals surface area (Å²) in [6.07, 6.45) is 0. The Morgan fingerprint density at radius 3 is 1.82 bits per heavy atom. The van der Waals surface area contributed by atoms with Gasteiger partial charge in [0.25, 0.3) is 0 Å². The van der Waals surface area contributed by atoms with E-state index in [0.717, 1.165) is 0 Å². The molecular weight excluding hydrogens is 410 g/mol. The first kappa shape index (κ1) is 20.5. The number of hydrogen-bond donors (Lipinski definition) is 0. The zero-order chi connectivity index (χ0) is 23.1. The molecular formula is C33H27N. The zero-order valence-corrected chi connectivity index (χ0v) is 19.6. The Bertz CT molecular complexity index is 1620. The van der Waals surface area contributed by atoms with Gasteiger partial charge in [-0.25, -0.2) is 0 Å². The summed E-state index contributed by atoms with van der Waals surface area (Å²) in [5.74, 6) is 0. The Morgan fingerprint density at radius 1 is 0.500 bits per heavy atom. The van der Waals surface area contributed by atoms with Crippen molar-refractivity contribution in [2.24, 2.45) is 0 Å². The van der Waals surface area contributed by atoms with Crippen LogP contribution in [0.1, 0.15) is 13.8 Å². The van der Waals surface area contributed by atoms with Crippen LogP contribution in [0.4, 0.5) is 11.4 Å². The summed E-state index contributed by atoms with van der Waals surface area (Å²) < 4.78 is 0. The van der Waals surface area contributed by atoms with Gasteiger partial charge in [0.15, 0.2) is 0 Å². The lowest BCUT2D eigenvalue weighted by Crippen LogP contribution is -2.25. The average molecular weight is 438 g/mol. The molecule has 0 aromatic heterocycles. The van der Waals surface area contributed by atoms with Gasteiger partial charge in [0.2, 0.25) is 0 Å². The molecule has 0 bridgehead atoms. The van der Waals surface area contributed by atoms with Crippen LogP contribution in [-0.2, 0) is 0 Å². The summed E-state index contributed by atoms with van der Waals surface area (Å²) in [5, 5.41) is 7.72. The van der Waals surface area contributed by atoms with E-state index in [1.807, 2.05) is 0 Å². The minimum atomic E-state index is 0.313. The van der Waals surface area contributed by atoms with Gasteiger partial charge in [-0.15, -0.1) is 0 Å². The molecule has 0 fully saturated rings. The second kappa shape index (κ2) is 8.35. The number of nitrogens with zero attached hydrogens (tertiary/aromatic N) is 1. The molecule has 0 aliphatic heterocycles. The van der Waals surface area contributed by atoms with Gasteiger partial charge in [0.05, 0.1) is 0 Å². The lowest BCUT2D eigenvalue weighted by atomic mass is 9.97. The molecule has 0 aliphatic carbocycles. The molecule has 0 saturated carbocycles. The largest absolute Gasteiger partial charge is 0.338 e. The van der Waals surface area contributed by atoms with Gasteiger partial charge >= 0.3 is 0 Å². The predicted octanol–water partition coefficient (Wildman–Crippen LogP) is 9.36. The number of anilines is 2. The summed E-state index contributed by atoms with van der Waals surface area (Å²) >= 11 is 0. The third-order valence-corrected chi connectivity index (χ3v) is 6.77. The van der Waals surface area contributed by atoms with Crippen LogP contribution >= 0.6 is 0 Å². The molecule has 6 aromatic carbocycles. The number of benzene rings is 6. The summed E-state index contributed by atoms with van der Waals surface area (Å²) in [6, 6.07) is 44.3. The monoisotopic (exact) mass is 437 g/mol. The lowest BCUT2D eigenvalue weighted by Gasteiger charge is -2.31. The first-order valence-corrected chi connectivity index (χ1v) is 12.0. The Labute approximate surface area is 200 Å². The Hall–Kier alpha value is -4.10. The van der Waals surface area contributed by atoms with Gasteiger partial charge in [-0.3, -0.25) is 0 Å². The van der Waals surface area contributed by atoms with Gasteiger partial charge in [-0.2, -0.15) is 0 Å². The van der Waals surface area contributed by atoms with E-state index >= 15 is 0 Å². The molecule has 0 heterocycles. The van der Waals surface area contributed by atoms with Crippen molar-refractivity contribution in [3.63, 3.8) is 0 Å². The molecule has 0 N–H and O–H groups in total. The summed E-state index contributed by atoms with van der Waals surface area (Å²) in [6.45, 7) is 4.53. The molecule has 1 nitrogen and oxygen atoms in total. The molecule has 0 amide bonds. The molecule has 1 heteroatoms. The second-order valence-electron chi connectivity index (χ2n) is 9.20. The van der Waals surface area contributed by atoms with Crippen LogP contribution in [0.2, 0.25) is 0 Å². The topological polar surface area (TPSA) is 3.24 Å². The first-order valence-electron chi connectivity index (χ1n) is 12.0. The minimum Gasteiger partial charge on any atom is -0.338 e. The number of fused-ring (bicyclic) bond motifs is 4. The third-order valence-electron chi connectivity index (χ3n) is 6.77. The average Bonchev–Trinajstić information content (AvgIpc) is 2.89. The highest BCUT2D eigenvalue weighted by molar-refractivity contribution is 6.13. The number of rotatable bonds is 4. The maximum atomic E-state index is 2.46. The minimum absolute atomic E-state index is 0.313. The van der Waals surface area contributed by atoms with E-state index in [-0.39, 0.29) is 0 Å². The summed E-state index contributed by atoms with van der Waals surface area (Å²) in [7, 11) is 0. The third kappa shape index (κ3) is 3.41. The van der Waals surface area contributed by atoms with Crippen molar-refractivity contribution < 1.29 is 0 Å². The number of hydrogen-bond acceptors (Lipinski definition) is 1. The first-order chi connectivity index (χ1) is 16.7. The van der Waals surface area contributed by atoms with Gasteiger partial charge in [-0.1, -0.05) is 103 Å². The molecule has 0 spiro atoms. The van der Waals surface area contributed by atoms with Gasteiger partial charge in [-0.05, 0) is 70.1 Å². The summed E-state index contributed by atoms with van der Waals surface area (Å²) in [5.41, 5.74) is 4.98. The van der Waals surface area contributed by atoms with E-state index in [0.29, 0.717) is 6.04 Å². The highest BCUT2D eigenvalue weighted by Crippen LogP contribution is 2.39. The van der Waals surface area contributed by atoms with Crippen LogP contribution in [0.3, 0.4) is 0 Å². The molecule has 0 radical (unpaired) electrons. The highest BCUT2D eigenvalue weighted by atomic mass is 15.2. The SMILES string of the molecule is CC(C)N(c1ccc(-c2cccc3ccccc23)cc1)c1cc2ccccc2c2ccccc12. The maximum absolute atomic E-state index is 2.46. The fourth-order valence-corrected chi connectivity index (χ4v) is 5.23. The molecule has 0 atom stereocenters. The van der Waals surface area contributed by atoms with E-state index in [4.69, 9.17) is 0 Å². The highest BCUT2D eigenvalue weighted by Gasteiger charge is 2.18. The van der Waals surface area contributed by atoms with E-state index in [1.165, 1.54) is 54.8 Å². The van der Waals surface area contributed by atoms with Gasteiger partial charge < -0.3 is 4.90 Å². The Morgan fingerprint density at radius 2 is 1.09 bits per heavy atom. The lowest BCUT2D eigenvalue weighted by molar-refractivity contribution is 0.792. The molecule has 6 rings (SSSR count). The Balaban J connectivity index is 1.50. The van der Waals surface area contributed by atoms with E-state index in [2.05, 4.69) is 140 Å². The van der Waals surface area contributed by atoms with Crippen molar-refractivity contribution in [2.45, 2.75) is 19.9 Å². The van der Waals surface area contributed by atoms with Crippen LogP contribution in [-0.4, -0.2) is 6.04 Å². The van der Waals surface area contributed by atoms with Crippen molar-refractivity contribution in [1.82, 2.24) is 0 Å². The van der Waals surface area contributed by atoms with Crippen LogP contribution in [0.5, 0.6) is 0 Å². The molecule has 6 aromatic rings. The Kier molecular flexibility index (Phi) is 5.04. The fourth-order valence-electron chi connectivity index (χ4n) is 5.23. The quantitative estimate of drug-likeness (QED) is 0.248. The molecule has 0 saturated heterocycles. The van der Waals surface area contributed by atoms with Crippen molar-refractivity contribution >= 4 is 43.7 Å². The molecule has 0 aliphatic rings.